The molecule has 0 saturated carbocycles. The summed E-state index contributed by atoms with van der Waals surface area (Å²) in [5.41, 5.74) is 2.40. The summed E-state index contributed by atoms with van der Waals surface area (Å²) in [6, 6.07) is 8.22. The first-order valence-corrected chi connectivity index (χ1v) is 9.20. The first-order valence-electron chi connectivity index (χ1n) is 9.20. The van der Waals surface area contributed by atoms with Crippen molar-refractivity contribution < 1.29 is 4.79 Å². The van der Waals surface area contributed by atoms with E-state index in [9.17, 15) is 4.79 Å². The minimum absolute atomic E-state index is 0.0199. The van der Waals surface area contributed by atoms with E-state index in [1.54, 1.807) is 6.20 Å². The van der Waals surface area contributed by atoms with Gasteiger partial charge in [0, 0.05) is 43.6 Å². The molecule has 1 saturated heterocycles. The van der Waals surface area contributed by atoms with Gasteiger partial charge < -0.3 is 14.8 Å². The van der Waals surface area contributed by atoms with Crippen molar-refractivity contribution in [3.63, 3.8) is 0 Å². The predicted molar refractivity (Wildman–Crippen MR) is 101 cm³/mol. The highest BCUT2D eigenvalue weighted by Crippen LogP contribution is 2.21. The lowest BCUT2D eigenvalue weighted by atomic mass is 10.1. The van der Waals surface area contributed by atoms with Crippen LogP contribution < -0.4 is 10.2 Å². The Balaban J connectivity index is 1.62. The van der Waals surface area contributed by atoms with Crippen LogP contribution in [0.5, 0.6) is 0 Å². The molecular formula is C20H28N4O. The molecule has 1 aromatic carbocycles. The molecule has 3 rings (SSSR count). The van der Waals surface area contributed by atoms with E-state index in [1.807, 2.05) is 17.7 Å². The van der Waals surface area contributed by atoms with Crippen LogP contribution in [0.2, 0.25) is 0 Å². The number of carbonyl (C=O) groups excluding carboxylic acids is 1. The SMILES string of the molecule is CC(C)c1nccn1[C@H](C)C(=O)NCc1cccc(N2CCCC2)c1. The monoisotopic (exact) mass is 340 g/mol. The maximum atomic E-state index is 12.6. The van der Waals surface area contributed by atoms with Crippen LogP contribution in [0.25, 0.3) is 0 Å². The van der Waals surface area contributed by atoms with Gasteiger partial charge in [-0.1, -0.05) is 26.0 Å². The molecule has 5 heteroatoms. The fourth-order valence-electron chi connectivity index (χ4n) is 3.40. The van der Waals surface area contributed by atoms with Gasteiger partial charge in [-0.3, -0.25) is 4.79 Å². The van der Waals surface area contributed by atoms with Crippen LogP contribution in [0.1, 0.15) is 57.0 Å². The number of anilines is 1. The van der Waals surface area contributed by atoms with Crippen molar-refractivity contribution in [1.82, 2.24) is 14.9 Å². The average molecular weight is 340 g/mol. The van der Waals surface area contributed by atoms with Crippen LogP contribution >= 0.6 is 0 Å². The molecule has 1 aromatic heterocycles. The van der Waals surface area contributed by atoms with E-state index >= 15 is 0 Å². The molecule has 2 heterocycles. The molecule has 5 nitrogen and oxygen atoms in total. The van der Waals surface area contributed by atoms with Crippen LogP contribution in [0.15, 0.2) is 36.7 Å². The van der Waals surface area contributed by atoms with Gasteiger partial charge in [0.1, 0.15) is 11.9 Å². The Hall–Kier alpha value is -2.30. The second kappa shape index (κ2) is 7.72. The van der Waals surface area contributed by atoms with Gasteiger partial charge in [-0.25, -0.2) is 4.98 Å². The van der Waals surface area contributed by atoms with E-state index in [1.165, 1.54) is 18.5 Å². The van der Waals surface area contributed by atoms with Crippen LogP contribution in [0.3, 0.4) is 0 Å². The summed E-state index contributed by atoms with van der Waals surface area (Å²) in [6.07, 6.45) is 6.18. The largest absolute Gasteiger partial charge is 0.372 e. The van der Waals surface area contributed by atoms with E-state index in [0.29, 0.717) is 12.5 Å². The number of nitrogens with zero attached hydrogens (tertiary/aromatic N) is 3. The van der Waals surface area contributed by atoms with Crippen LogP contribution in [0, 0.1) is 0 Å². The average Bonchev–Trinajstić information content (AvgIpc) is 3.30. The molecule has 0 unspecified atom stereocenters. The summed E-state index contributed by atoms with van der Waals surface area (Å²) in [5, 5.41) is 3.06. The van der Waals surface area contributed by atoms with Crippen molar-refractivity contribution in [1.29, 1.82) is 0 Å². The lowest BCUT2D eigenvalue weighted by Crippen LogP contribution is -2.31. The van der Waals surface area contributed by atoms with Crippen molar-refractivity contribution in [2.45, 2.75) is 52.1 Å². The number of hydrogen-bond donors (Lipinski definition) is 1. The Labute approximate surface area is 150 Å². The quantitative estimate of drug-likeness (QED) is 0.876. The summed E-state index contributed by atoms with van der Waals surface area (Å²) in [7, 11) is 0. The Morgan fingerprint density at radius 1 is 1.24 bits per heavy atom. The van der Waals surface area contributed by atoms with Crippen molar-refractivity contribution in [2.75, 3.05) is 18.0 Å². The van der Waals surface area contributed by atoms with Gasteiger partial charge in [0.25, 0.3) is 0 Å². The van der Waals surface area contributed by atoms with Crippen LogP contribution in [0.4, 0.5) is 5.69 Å². The van der Waals surface area contributed by atoms with E-state index < -0.39 is 0 Å². The summed E-state index contributed by atoms with van der Waals surface area (Å²) < 4.78 is 1.96. The number of benzene rings is 1. The maximum Gasteiger partial charge on any atom is 0.243 e. The first kappa shape index (κ1) is 17.5. The zero-order chi connectivity index (χ0) is 17.8. The highest BCUT2D eigenvalue weighted by atomic mass is 16.2. The number of nitrogens with one attached hydrogen (secondary N) is 1. The normalized spacial score (nSPS) is 15.6. The van der Waals surface area contributed by atoms with E-state index in [4.69, 9.17) is 0 Å². The fourth-order valence-corrected chi connectivity index (χ4v) is 3.40. The second-order valence-electron chi connectivity index (χ2n) is 7.11. The third-order valence-corrected chi connectivity index (χ3v) is 4.86. The zero-order valence-corrected chi connectivity index (χ0v) is 15.4. The Bertz CT molecular complexity index is 716. The van der Waals surface area contributed by atoms with E-state index in [2.05, 4.69) is 53.3 Å². The molecule has 2 aromatic rings. The molecule has 1 aliphatic heterocycles. The number of hydrogen-bond acceptors (Lipinski definition) is 3. The fraction of sp³-hybridized carbons (Fsp3) is 0.500. The lowest BCUT2D eigenvalue weighted by molar-refractivity contribution is -0.124. The topological polar surface area (TPSA) is 50.2 Å². The van der Waals surface area contributed by atoms with E-state index in [0.717, 1.165) is 24.5 Å². The molecule has 1 fully saturated rings. The van der Waals surface area contributed by atoms with Crippen LogP contribution in [-0.2, 0) is 11.3 Å². The molecule has 134 valence electrons. The molecule has 1 N–H and O–H groups in total. The van der Waals surface area contributed by atoms with Gasteiger partial charge in [0.05, 0.1) is 0 Å². The predicted octanol–water partition coefficient (Wildman–Crippen LogP) is 3.48. The van der Waals surface area contributed by atoms with Crippen molar-refractivity contribution in [2.24, 2.45) is 0 Å². The van der Waals surface area contributed by atoms with Gasteiger partial charge in [0.2, 0.25) is 5.91 Å². The Morgan fingerprint density at radius 3 is 2.72 bits per heavy atom. The molecule has 0 radical (unpaired) electrons. The molecule has 0 bridgehead atoms. The second-order valence-corrected chi connectivity index (χ2v) is 7.11. The zero-order valence-electron chi connectivity index (χ0n) is 15.4. The molecular weight excluding hydrogens is 312 g/mol. The smallest absolute Gasteiger partial charge is 0.243 e. The third-order valence-electron chi connectivity index (χ3n) is 4.86. The number of rotatable bonds is 6. The number of amides is 1. The summed E-state index contributed by atoms with van der Waals surface area (Å²) in [5.74, 6) is 1.26. The molecule has 25 heavy (non-hydrogen) atoms. The minimum Gasteiger partial charge on any atom is -0.372 e. The Kier molecular flexibility index (Phi) is 5.41. The number of imidazole rings is 1. The molecule has 0 spiro atoms. The summed E-state index contributed by atoms with van der Waals surface area (Å²) >= 11 is 0. The number of carbonyl (C=O) groups is 1. The van der Waals surface area contributed by atoms with Gasteiger partial charge in [0.15, 0.2) is 0 Å². The molecule has 1 atom stereocenters. The van der Waals surface area contributed by atoms with Crippen molar-refractivity contribution in [3.05, 3.63) is 48.0 Å². The molecule has 1 aliphatic rings. The van der Waals surface area contributed by atoms with Gasteiger partial charge >= 0.3 is 0 Å². The Morgan fingerprint density at radius 2 is 2.00 bits per heavy atom. The van der Waals surface area contributed by atoms with Crippen LogP contribution in [-0.4, -0.2) is 28.5 Å². The highest BCUT2D eigenvalue weighted by Gasteiger charge is 2.19. The minimum atomic E-state index is -0.262. The summed E-state index contributed by atoms with van der Waals surface area (Å²) in [4.78, 5) is 19.3. The molecule has 0 aliphatic carbocycles. The number of aromatic nitrogens is 2. The first-order chi connectivity index (χ1) is 12.1. The van der Waals surface area contributed by atoms with Gasteiger partial charge in [-0.05, 0) is 37.5 Å². The molecule has 1 amide bonds. The standard InChI is InChI=1S/C20H28N4O/c1-15(2)19-21-9-12-24(19)16(3)20(25)22-14-17-7-6-8-18(13-17)23-10-4-5-11-23/h6-9,12-13,15-16H,4-5,10-11,14H2,1-3H3,(H,22,25)/t16-/m1/s1. The van der Waals surface area contributed by atoms with E-state index in [-0.39, 0.29) is 11.9 Å². The maximum absolute atomic E-state index is 12.6. The lowest BCUT2D eigenvalue weighted by Gasteiger charge is -2.19. The van der Waals surface area contributed by atoms with Gasteiger partial charge in [-0.2, -0.15) is 0 Å². The van der Waals surface area contributed by atoms with Gasteiger partial charge in [-0.15, -0.1) is 0 Å². The highest BCUT2D eigenvalue weighted by molar-refractivity contribution is 5.80. The third kappa shape index (κ3) is 4.03. The van der Waals surface area contributed by atoms with Crippen molar-refractivity contribution in [3.8, 4) is 0 Å². The van der Waals surface area contributed by atoms with Crippen molar-refractivity contribution >= 4 is 11.6 Å². The summed E-state index contributed by atoms with van der Waals surface area (Å²) in [6.45, 7) is 8.91.